The first-order chi connectivity index (χ1) is 9.44. The number of methoxy groups -OCH3 is 1. The fourth-order valence-corrected chi connectivity index (χ4v) is 1.46. The van der Waals surface area contributed by atoms with Crippen molar-refractivity contribution < 1.29 is 24.1 Å². The highest BCUT2D eigenvalue weighted by Gasteiger charge is 2.15. The van der Waals surface area contributed by atoms with Crippen molar-refractivity contribution in [2.24, 2.45) is 0 Å². The van der Waals surface area contributed by atoms with Gasteiger partial charge in [0, 0.05) is 13.7 Å². The molecule has 0 saturated heterocycles. The summed E-state index contributed by atoms with van der Waals surface area (Å²) in [5.41, 5.74) is 0.0294. The summed E-state index contributed by atoms with van der Waals surface area (Å²) in [7, 11) is 1.68. The Balaban J connectivity index is 2.21. The van der Waals surface area contributed by atoms with E-state index >= 15 is 0 Å². The molecule has 5 heteroatoms. The van der Waals surface area contributed by atoms with Crippen LogP contribution in [0.4, 0.5) is 0 Å². The van der Waals surface area contributed by atoms with Crippen LogP contribution in [0.1, 0.15) is 30.6 Å². The Labute approximate surface area is 119 Å². The van der Waals surface area contributed by atoms with Gasteiger partial charge in [0.15, 0.2) is 0 Å². The SMILES string of the molecule is COC(C)(C)CCOCCOc1cccc(C(=O)O)c1. The lowest BCUT2D eigenvalue weighted by molar-refractivity contribution is -0.0128. The molecular formula is C15H22O5. The Morgan fingerprint density at radius 1 is 1.25 bits per heavy atom. The first kappa shape index (κ1) is 16.5. The van der Waals surface area contributed by atoms with E-state index in [4.69, 9.17) is 19.3 Å². The average molecular weight is 282 g/mol. The molecule has 0 amide bonds. The smallest absolute Gasteiger partial charge is 0.335 e. The maximum Gasteiger partial charge on any atom is 0.335 e. The Bertz CT molecular complexity index is 428. The first-order valence-electron chi connectivity index (χ1n) is 6.54. The van der Waals surface area contributed by atoms with Gasteiger partial charge >= 0.3 is 5.97 Å². The molecule has 0 aliphatic rings. The van der Waals surface area contributed by atoms with Crippen molar-refractivity contribution in [3.05, 3.63) is 29.8 Å². The molecule has 1 aromatic carbocycles. The van der Waals surface area contributed by atoms with Crippen molar-refractivity contribution in [1.82, 2.24) is 0 Å². The molecule has 0 aliphatic heterocycles. The van der Waals surface area contributed by atoms with Gasteiger partial charge in [-0.1, -0.05) is 6.07 Å². The van der Waals surface area contributed by atoms with Crippen molar-refractivity contribution in [3.8, 4) is 5.75 Å². The van der Waals surface area contributed by atoms with E-state index in [0.29, 0.717) is 25.6 Å². The predicted molar refractivity (Wildman–Crippen MR) is 75.4 cm³/mol. The van der Waals surface area contributed by atoms with Gasteiger partial charge in [-0.05, 0) is 38.5 Å². The van der Waals surface area contributed by atoms with Crippen molar-refractivity contribution in [2.75, 3.05) is 26.9 Å². The Kier molecular flexibility index (Phi) is 6.48. The fourth-order valence-electron chi connectivity index (χ4n) is 1.46. The van der Waals surface area contributed by atoms with Crippen molar-refractivity contribution in [2.45, 2.75) is 25.9 Å². The fraction of sp³-hybridized carbons (Fsp3) is 0.533. The minimum Gasteiger partial charge on any atom is -0.491 e. The van der Waals surface area contributed by atoms with Crippen LogP contribution in [0.5, 0.6) is 5.75 Å². The number of hydrogen-bond acceptors (Lipinski definition) is 4. The number of carboxylic acid groups (broad SMARTS) is 1. The molecule has 0 heterocycles. The van der Waals surface area contributed by atoms with E-state index in [-0.39, 0.29) is 11.2 Å². The van der Waals surface area contributed by atoms with Crippen LogP contribution in [0.25, 0.3) is 0 Å². The molecule has 0 atom stereocenters. The molecule has 20 heavy (non-hydrogen) atoms. The third kappa shape index (κ3) is 6.04. The van der Waals surface area contributed by atoms with Crippen LogP contribution in [0.2, 0.25) is 0 Å². The van der Waals surface area contributed by atoms with E-state index in [1.165, 1.54) is 12.1 Å². The molecule has 0 unspecified atom stereocenters. The largest absolute Gasteiger partial charge is 0.491 e. The molecule has 5 nitrogen and oxygen atoms in total. The minimum absolute atomic E-state index is 0.184. The average Bonchev–Trinajstić information content (AvgIpc) is 2.43. The normalized spacial score (nSPS) is 11.3. The van der Waals surface area contributed by atoms with Crippen LogP contribution in [-0.4, -0.2) is 43.6 Å². The zero-order valence-electron chi connectivity index (χ0n) is 12.2. The van der Waals surface area contributed by atoms with Gasteiger partial charge in [-0.2, -0.15) is 0 Å². The van der Waals surface area contributed by atoms with Crippen LogP contribution in [0.3, 0.4) is 0 Å². The summed E-state index contributed by atoms with van der Waals surface area (Å²) in [5.74, 6) is -0.431. The minimum atomic E-state index is -0.964. The van der Waals surface area contributed by atoms with Crippen molar-refractivity contribution in [1.29, 1.82) is 0 Å². The van der Waals surface area contributed by atoms with Crippen LogP contribution >= 0.6 is 0 Å². The summed E-state index contributed by atoms with van der Waals surface area (Å²) in [5, 5.41) is 8.86. The molecule has 0 radical (unpaired) electrons. The summed E-state index contributed by atoms with van der Waals surface area (Å²) in [6, 6.07) is 6.40. The van der Waals surface area contributed by atoms with E-state index in [1.807, 2.05) is 13.8 Å². The molecular weight excluding hydrogens is 260 g/mol. The Hall–Kier alpha value is -1.59. The zero-order chi connectivity index (χ0) is 15.0. The summed E-state index contributed by atoms with van der Waals surface area (Å²) >= 11 is 0. The highest BCUT2D eigenvalue weighted by Crippen LogP contribution is 2.14. The Morgan fingerprint density at radius 2 is 2.00 bits per heavy atom. The molecule has 0 bridgehead atoms. The lowest BCUT2D eigenvalue weighted by atomic mass is 10.1. The van der Waals surface area contributed by atoms with E-state index < -0.39 is 5.97 Å². The Morgan fingerprint density at radius 3 is 2.65 bits per heavy atom. The molecule has 0 aliphatic carbocycles. The monoisotopic (exact) mass is 282 g/mol. The van der Waals surface area contributed by atoms with Gasteiger partial charge in [-0.3, -0.25) is 0 Å². The first-order valence-corrected chi connectivity index (χ1v) is 6.54. The summed E-state index contributed by atoms with van der Waals surface area (Å²) in [4.78, 5) is 10.8. The van der Waals surface area contributed by atoms with Crippen LogP contribution in [0, 0.1) is 0 Å². The lowest BCUT2D eigenvalue weighted by Gasteiger charge is -2.22. The molecule has 1 aromatic rings. The molecule has 0 fully saturated rings. The summed E-state index contributed by atoms with van der Waals surface area (Å²) in [6.45, 7) is 5.45. The second kappa shape index (κ2) is 7.87. The maximum atomic E-state index is 10.8. The number of benzene rings is 1. The van der Waals surface area contributed by atoms with Crippen LogP contribution < -0.4 is 4.74 Å². The highest BCUT2D eigenvalue weighted by molar-refractivity contribution is 5.87. The van der Waals surface area contributed by atoms with Crippen molar-refractivity contribution in [3.63, 3.8) is 0 Å². The molecule has 0 saturated carbocycles. The molecule has 112 valence electrons. The zero-order valence-corrected chi connectivity index (χ0v) is 12.2. The lowest BCUT2D eigenvalue weighted by Crippen LogP contribution is -2.24. The topological polar surface area (TPSA) is 65.0 Å². The van der Waals surface area contributed by atoms with Crippen LogP contribution in [0.15, 0.2) is 24.3 Å². The second-order valence-corrected chi connectivity index (χ2v) is 5.01. The second-order valence-electron chi connectivity index (χ2n) is 5.01. The quantitative estimate of drug-likeness (QED) is 0.705. The van der Waals surface area contributed by atoms with E-state index in [0.717, 1.165) is 6.42 Å². The third-order valence-corrected chi connectivity index (χ3v) is 2.98. The number of rotatable bonds is 9. The number of aromatic carboxylic acids is 1. The molecule has 1 N–H and O–H groups in total. The van der Waals surface area contributed by atoms with Gasteiger partial charge in [-0.25, -0.2) is 4.79 Å². The number of carboxylic acids is 1. The van der Waals surface area contributed by atoms with Gasteiger partial charge in [0.1, 0.15) is 12.4 Å². The van der Waals surface area contributed by atoms with E-state index in [9.17, 15) is 4.79 Å². The highest BCUT2D eigenvalue weighted by atomic mass is 16.5. The number of hydrogen-bond donors (Lipinski definition) is 1. The van der Waals surface area contributed by atoms with Gasteiger partial charge in [0.2, 0.25) is 0 Å². The molecule has 0 spiro atoms. The van der Waals surface area contributed by atoms with Gasteiger partial charge in [0.25, 0.3) is 0 Å². The standard InChI is InChI=1S/C15H22O5/c1-15(2,18-3)7-8-19-9-10-20-13-6-4-5-12(11-13)14(16)17/h4-6,11H,7-10H2,1-3H3,(H,16,17). The van der Waals surface area contributed by atoms with Crippen LogP contribution in [-0.2, 0) is 9.47 Å². The summed E-state index contributed by atoms with van der Waals surface area (Å²) < 4.78 is 16.2. The van der Waals surface area contributed by atoms with E-state index in [1.54, 1.807) is 19.2 Å². The number of carbonyl (C=O) groups is 1. The molecule has 0 aromatic heterocycles. The van der Waals surface area contributed by atoms with Gasteiger partial charge < -0.3 is 19.3 Å². The van der Waals surface area contributed by atoms with Crippen molar-refractivity contribution >= 4 is 5.97 Å². The predicted octanol–water partition coefficient (Wildman–Crippen LogP) is 2.60. The molecule has 1 rings (SSSR count). The maximum absolute atomic E-state index is 10.8. The van der Waals surface area contributed by atoms with E-state index in [2.05, 4.69) is 0 Å². The summed E-state index contributed by atoms with van der Waals surface area (Å²) in [6.07, 6.45) is 0.804. The third-order valence-electron chi connectivity index (χ3n) is 2.98. The number of ether oxygens (including phenoxy) is 3. The van der Waals surface area contributed by atoms with Gasteiger partial charge in [0.05, 0.1) is 17.8 Å². The van der Waals surface area contributed by atoms with Gasteiger partial charge in [-0.15, -0.1) is 0 Å².